The van der Waals surface area contributed by atoms with Gasteiger partial charge in [0.1, 0.15) is 77.9 Å². The molecule has 0 fully saturated rings. The molecule has 0 radical (unpaired) electrons. The molecular formula is C40H46N3O12+. The largest absolute Gasteiger partial charge is 0.508 e. The van der Waals surface area contributed by atoms with Gasteiger partial charge in [0, 0.05) is 48.1 Å². The summed E-state index contributed by atoms with van der Waals surface area (Å²) in [4.78, 5) is 30.6. The van der Waals surface area contributed by atoms with Crippen molar-refractivity contribution in [2.45, 2.75) is 68.7 Å². The quantitative estimate of drug-likeness (QED) is 0.0639. The molecule has 4 aromatic rings. The fourth-order valence-electron chi connectivity index (χ4n) is 7.64. The van der Waals surface area contributed by atoms with Crippen LogP contribution in [0, 0.1) is 6.92 Å². The SMILES string of the molecule is CNCC[C@]1(C)Oc2c(cc3c(=O)cc(C)oc3c2[NH+]2C=C3N=CC=C3C2)C[C@H]1OOC[C@@](O)(Cc1ccc(O)c2ccc(O)cc12)[C@@H](O)[C@H](O)[C@H](O)CO. The molecular weight excluding hydrogens is 714 g/mol. The second-order valence-electron chi connectivity index (χ2n) is 14.8. The van der Waals surface area contributed by atoms with Crippen molar-refractivity contribution in [2.24, 2.45) is 4.99 Å². The zero-order chi connectivity index (χ0) is 39.2. The molecule has 55 heavy (non-hydrogen) atoms. The standard InChI is InChI=1S/C40H45N3O12/c1-21-12-31(47)28-13-24-14-33(39(2,9-11-41-3)54-36(24)34(37(28)53-21)43-17-23-8-10-42-29(23)18-43)55-52-20-40(51,38(50)35(49)32(48)19-44)16-22-4-7-30(46)26-6-5-25(45)15-27(22)26/h4-8,10,12-13,15,18,32-33,35,38,41,44-46,48-51H,9,11,14,16-17,19-20H2,1-3H3/p+1/t32-,33-,35-,38+,39+,40+/m1/s1. The van der Waals surface area contributed by atoms with Crippen LogP contribution in [0.5, 0.6) is 17.2 Å². The van der Waals surface area contributed by atoms with Gasteiger partial charge in [-0.25, -0.2) is 9.78 Å². The molecule has 0 spiro atoms. The maximum absolute atomic E-state index is 13.4. The molecule has 4 heterocycles. The number of nitrogens with one attached hydrogen (secondary N) is 2. The van der Waals surface area contributed by atoms with E-state index < -0.39 is 55.3 Å². The minimum atomic E-state index is -2.36. The summed E-state index contributed by atoms with van der Waals surface area (Å²) in [6.07, 6.45) is -0.839. The number of ether oxygens (including phenoxy) is 1. The lowest BCUT2D eigenvalue weighted by Crippen LogP contribution is -3.01. The number of phenolic OH excluding ortho intramolecular Hbond substituents is 2. The number of aliphatic hydroxyl groups is 5. The van der Waals surface area contributed by atoms with E-state index in [0.717, 1.165) is 16.2 Å². The fraction of sp³-hybridized carbons (Fsp3) is 0.400. The van der Waals surface area contributed by atoms with Crippen molar-refractivity contribution in [3.8, 4) is 17.2 Å². The van der Waals surface area contributed by atoms with Gasteiger partial charge in [-0.05, 0) is 74.8 Å². The van der Waals surface area contributed by atoms with Crippen molar-refractivity contribution in [1.29, 1.82) is 0 Å². The summed E-state index contributed by atoms with van der Waals surface area (Å²) in [6, 6.07) is 10.3. The number of nitrogens with zero attached hydrogens (tertiary/aromatic N) is 1. The maximum Gasteiger partial charge on any atom is 0.222 e. The van der Waals surface area contributed by atoms with Gasteiger partial charge in [0.15, 0.2) is 11.2 Å². The van der Waals surface area contributed by atoms with Crippen LogP contribution in [0.2, 0.25) is 0 Å². The number of aromatic hydroxyl groups is 2. The smallest absolute Gasteiger partial charge is 0.222 e. The predicted molar refractivity (Wildman–Crippen MR) is 201 cm³/mol. The lowest BCUT2D eigenvalue weighted by Gasteiger charge is -2.42. The second kappa shape index (κ2) is 15.1. The number of hydrogen-bond donors (Lipinski definition) is 9. The number of fused-ring (bicyclic) bond motifs is 4. The molecule has 1 unspecified atom stereocenters. The number of quaternary nitrogens is 1. The number of rotatable bonds is 14. The second-order valence-corrected chi connectivity index (χ2v) is 14.8. The average Bonchev–Trinajstić information content (AvgIpc) is 3.77. The molecule has 3 aromatic carbocycles. The lowest BCUT2D eigenvalue weighted by molar-refractivity contribution is -0.763. The van der Waals surface area contributed by atoms with E-state index in [1.165, 1.54) is 36.4 Å². The summed E-state index contributed by atoms with van der Waals surface area (Å²) in [7, 11) is 1.80. The van der Waals surface area contributed by atoms with Crippen LogP contribution < -0.4 is 20.4 Å². The van der Waals surface area contributed by atoms with E-state index in [4.69, 9.17) is 18.9 Å². The first-order valence-corrected chi connectivity index (χ1v) is 18.1. The zero-order valence-corrected chi connectivity index (χ0v) is 30.7. The van der Waals surface area contributed by atoms with Gasteiger partial charge in [0.05, 0.1) is 12.0 Å². The van der Waals surface area contributed by atoms with Crippen LogP contribution in [0.25, 0.3) is 21.7 Å². The third kappa shape index (κ3) is 7.26. The summed E-state index contributed by atoms with van der Waals surface area (Å²) >= 11 is 0. The van der Waals surface area contributed by atoms with Crippen molar-refractivity contribution in [3.05, 3.63) is 93.1 Å². The molecule has 292 valence electrons. The van der Waals surface area contributed by atoms with Crippen LogP contribution in [0.4, 0.5) is 5.69 Å². The highest BCUT2D eigenvalue weighted by atomic mass is 17.2. The van der Waals surface area contributed by atoms with E-state index in [2.05, 4.69) is 10.3 Å². The first-order valence-electron chi connectivity index (χ1n) is 18.1. The van der Waals surface area contributed by atoms with Crippen LogP contribution in [0.3, 0.4) is 0 Å². The Labute approximate surface area is 315 Å². The molecule has 15 nitrogen and oxygen atoms in total. The molecule has 3 aliphatic heterocycles. The summed E-state index contributed by atoms with van der Waals surface area (Å²) < 4.78 is 13.1. The van der Waals surface area contributed by atoms with E-state index >= 15 is 0 Å². The van der Waals surface area contributed by atoms with Crippen LogP contribution in [0.15, 0.2) is 80.2 Å². The third-order valence-electron chi connectivity index (χ3n) is 10.8. The Morgan fingerprint density at radius 1 is 1.11 bits per heavy atom. The summed E-state index contributed by atoms with van der Waals surface area (Å²) in [5.74, 6) is 0.787. The van der Waals surface area contributed by atoms with Crippen molar-refractivity contribution in [1.82, 2.24) is 5.32 Å². The Morgan fingerprint density at radius 3 is 2.65 bits per heavy atom. The van der Waals surface area contributed by atoms with E-state index in [0.29, 0.717) is 69.6 Å². The monoisotopic (exact) mass is 760 g/mol. The number of aryl methyl sites for hydroxylation is 1. The summed E-state index contributed by atoms with van der Waals surface area (Å²) in [5.41, 5.74) is 0.310. The lowest BCUT2D eigenvalue weighted by atomic mass is 9.84. The fourth-order valence-corrected chi connectivity index (χ4v) is 7.64. The van der Waals surface area contributed by atoms with Crippen molar-refractivity contribution >= 4 is 33.6 Å². The average molecular weight is 761 g/mol. The topological polar surface area (TPSA) is 228 Å². The summed E-state index contributed by atoms with van der Waals surface area (Å²) in [6.45, 7) is 3.01. The Balaban J connectivity index is 1.23. The van der Waals surface area contributed by atoms with Crippen LogP contribution in [0.1, 0.15) is 30.2 Å². The van der Waals surface area contributed by atoms with E-state index in [1.807, 2.05) is 19.2 Å². The van der Waals surface area contributed by atoms with Gasteiger partial charge in [-0.3, -0.25) is 14.7 Å². The Morgan fingerprint density at radius 2 is 1.91 bits per heavy atom. The summed E-state index contributed by atoms with van der Waals surface area (Å²) in [5, 5.41) is 78.8. The van der Waals surface area contributed by atoms with Crippen molar-refractivity contribution < 1.29 is 59.6 Å². The van der Waals surface area contributed by atoms with E-state index in [9.17, 15) is 40.5 Å². The number of benzene rings is 3. The zero-order valence-electron chi connectivity index (χ0n) is 30.7. The van der Waals surface area contributed by atoms with Gasteiger partial charge in [0.25, 0.3) is 0 Å². The van der Waals surface area contributed by atoms with Crippen LogP contribution >= 0.6 is 0 Å². The Kier molecular flexibility index (Phi) is 10.6. The number of aliphatic hydroxyl groups excluding tert-OH is 4. The van der Waals surface area contributed by atoms with Gasteiger partial charge in [-0.2, -0.15) is 0 Å². The number of allylic oxidation sites excluding steroid dienone is 1. The minimum Gasteiger partial charge on any atom is -0.508 e. The molecule has 15 heteroatoms. The molecule has 9 N–H and O–H groups in total. The van der Waals surface area contributed by atoms with E-state index in [-0.39, 0.29) is 23.3 Å². The van der Waals surface area contributed by atoms with Gasteiger partial charge < -0.3 is 50.2 Å². The molecule has 0 saturated heterocycles. The van der Waals surface area contributed by atoms with Gasteiger partial charge in [0.2, 0.25) is 11.3 Å². The number of phenols is 2. The molecule has 3 aliphatic rings. The molecule has 0 aliphatic carbocycles. The Hall–Kier alpha value is -4.68. The number of hydrogen-bond acceptors (Lipinski definition) is 14. The highest BCUT2D eigenvalue weighted by Gasteiger charge is 2.48. The molecule has 0 saturated carbocycles. The highest BCUT2D eigenvalue weighted by Crippen LogP contribution is 2.44. The predicted octanol–water partition coefficient (Wildman–Crippen LogP) is 0.717. The molecule has 0 amide bonds. The van der Waals surface area contributed by atoms with Crippen molar-refractivity contribution in [3.63, 3.8) is 0 Å². The van der Waals surface area contributed by atoms with Crippen LogP contribution in [-0.4, -0.2) is 111 Å². The van der Waals surface area contributed by atoms with Gasteiger partial charge in [-0.15, -0.1) is 0 Å². The molecule has 7 rings (SSSR count). The minimum absolute atomic E-state index is 0.0862. The first kappa shape index (κ1) is 38.6. The third-order valence-corrected chi connectivity index (χ3v) is 10.8. The highest BCUT2D eigenvalue weighted by molar-refractivity contribution is 5.92. The van der Waals surface area contributed by atoms with E-state index in [1.54, 1.807) is 26.3 Å². The molecule has 7 atom stereocenters. The normalized spacial score (nSPS) is 23.1. The van der Waals surface area contributed by atoms with Gasteiger partial charge >= 0.3 is 0 Å². The first-order chi connectivity index (χ1) is 26.2. The van der Waals surface area contributed by atoms with Crippen molar-refractivity contribution in [2.75, 3.05) is 33.4 Å². The molecule has 0 bridgehead atoms. The number of aliphatic imine (C=N–C) groups is 1. The maximum atomic E-state index is 13.4. The van der Waals surface area contributed by atoms with Crippen LogP contribution in [-0.2, 0) is 22.6 Å². The van der Waals surface area contributed by atoms with Gasteiger partial charge in [-0.1, -0.05) is 6.07 Å². The Bertz CT molecular complexity index is 2270. The molecule has 1 aromatic heterocycles.